The molecular weight excluding hydrogens is 336 g/mol. The third kappa shape index (κ3) is 3.72. The molecule has 1 aliphatic carbocycles. The maximum Gasteiger partial charge on any atom is 0.225 e. The fraction of sp³-hybridized carbons (Fsp3) is 0.474. The molecule has 1 atom stereocenters. The Kier molecular flexibility index (Phi) is 4.89. The van der Waals surface area contributed by atoms with Gasteiger partial charge in [0, 0.05) is 22.8 Å². The van der Waals surface area contributed by atoms with Crippen LogP contribution in [0.1, 0.15) is 36.7 Å². The van der Waals surface area contributed by atoms with E-state index in [-0.39, 0.29) is 11.4 Å². The summed E-state index contributed by atoms with van der Waals surface area (Å²) < 4.78 is 1.86. The third-order valence-corrected chi connectivity index (χ3v) is 5.43. The molecule has 2 aromatic rings. The Hall–Kier alpha value is -1.85. The lowest BCUT2D eigenvalue weighted by molar-refractivity contribution is -0.122. The van der Waals surface area contributed by atoms with Crippen LogP contribution in [-0.4, -0.2) is 27.8 Å². The second-order valence-electron chi connectivity index (χ2n) is 7.16. The van der Waals surface area contributed by atoms with Crippen LogP contribution in [0, 0.1) is 19.8 Å². The molecule has 1 heterocycles. The number of nitrogens with two attached hydrogens (primary N) is 1. The quantitative estimate of drug-likeness (QED) is 0.831. The Bertz CT molecular complexity index is 779. The summed E-state index contributed by atoms with van der Waals surface area (Å²) in [7, 11) is 0. The second-order valence-corrected chi connectivity index (χ2v) is 7.59. The highest BCUT2D eigenvalue weighted by Crippen LogP contribution is 2.39. The molecule has 134 valence electrons. The molecule has 1 amide bonds. The highest BCUT2D eigenvalue weighted by atomic mass is 35.5. The van der Waals surface area contributed by atoms with Crippen molar-refractivity contribution in [3.63, 3.8) is 0 Å². The molecule has 0 radical (unpaired) electrons. The highest BCUT2D eigenvalue weighted by Gasteiger charge is 2.41. The van der Waals surface area contributed by atoms with Crippen molar-refractivity contribution in [3.05, 3.63) is 46.2 Å². The molecule has 5 nitrogen and oxygen atoms in total. The van der Waals surface area contributed by atoms with E-state index in [2.05, 4.69) is 10.4 Å². The maximum absolute atomic E-state index is 12.6. The van der Waals surface area contributed by atoms with E-state index < -0.39 is 0 Å². The van der Waals surface area contributed by atoms with Gasteiger partial charge in [0.25, 0.3) is 0 Å². The first kappa shape index (κ1) is 18.0. The molecule has 1 unspecified atom stereocenters. The molecule has 6 heteroatoms. The van der Waals surface area contributed by atoms with Crippen LogP contribution < -0.4 is 11.1 Å². The number of nitrogens with zero attached hydrogens (tertiary/aromatic N) is 2. The Morgan fingerprint density at radius 2 is 2.00 bits per heavy atom. The van der Waals surface area contributed by atoms with Crippen molar-refractivity contribution in [1.29, 1.82) is 0 Å². The van der Waals surface area contributed by atoms with Crippen molar-refractivity contribution in [2.45, 2.75) is 45.6 Å². The average Bonchev–Trinajstić information content (AvgIpc) is 3.39. The number of nitrogens with one attached hydrogen (secondary N) is 1. The Labute approximate surface area is 153 Å². The van der Waals surface area contributed by atoms with E-state index in [0.29, 0.717) is 23.9 Å². The number of carbonyl (C=O) groups is 1. The zero-order valence-electron chi connectivity index (χ0n) is 15.0. The largest absolute Gasteiger partial charge is 0.349 e. The molecule has 1 aromatic carbocycles. The smallest absolute Gasteiger partial charge is 0.225 e. The van der Waals surface area contributed by atoms with Gasteiger partial charge in [0.1, 0.15) is 0 Å². The summed E-state index contributed by atoms with van der Waals surface area (Å²) in [6.45, 7) is 6.43. The van der Waals surface area contributed by atoms with Crippen molar-refractivity contribution in [2.75, 3.05) is 6.54 Å². The number of aromatic nitrogens is 2. The number of rotatable bonds is 6. The lowest BCUT2D eigenvalue weighted by atomic mass is 9.95. The van der Waals surface area contributed by atoms with E-state index in [1.807, 2.05) is 49.7 Å². The van der Waals surface area contributed by atoms with Gasteiger partial charge in [-0.2, -0.15) is 5.10 Å². The molecule has 0 spiro atoms. The summed E-state index contributed by atoms with van der Waals surface area (Å²) >= 11 is 5.96. The fourth-order valence-electron chi connectivity index (χ4n) is 3.33. The van der Waals surface area contributed by atoms with Crippen molar-refractivity contribution < 1.29 is 4.79 Å². The van der Waals surface area contributed by atoms with E-state index in [1.165, 1.54) is 0 Å². The van der Waals surface area contributed by atoms with Crippen molar-refractivity contribution >= 4 is 17.5 Å². The first-order valence-corrected chi connectivity index (χ1v) is 9.04. The molecule has 25 heavy (non-hydrogen) atoms. The van der Waals surface area contributed by atoms with Gasteiger partial charge in [-0.1, -0.05) is 11.6 Å². The van der Waals surface area contributed by atoms with Gasteiger partial charge in [-0.05, 0) is 63.8 Å². The minimum absolute atomic E-state index is 0.00158. The molecule has 3 N–H and O–H groups in total. The van der Waals surface area contributed by atoms with Gasteiger partial charge in [0.2, 0.25) is 5.91 Å². The summed E-state index contributed by atoms with van der Waals surface area (Å²) in [5.74, 6) is 0.502. The van der Waals surface area contributed by atoms with Gasteiger partial charge in [-0.15, -0.1) is 0 Å². The lowest BCUT2D eigenvalue weighted by Gasteiger charge is -2.29. The Balaban J connectivity index is 1.79. The van der Waals surface area contributed by atoms with Crippen LogP contribution in [0.15, 0.2) is 24.3 Å². The van der Waals surface area contributed by atoms with E-state index >= 15 is 0 Å². The molecule has 3 rings (SSSR count). The van der Waals surface area contributed by atoms with Crippen LogP contribution in [0.2, 0.25) is 5.02 Å². The summed E-state index contributed by atoms with van der Waals surface area (Å²) in [4.78, 5) is 12.6. The molecular formula is C19H25ClN4O. The normalized spacial score (nSPS) is 16.5. The first-order valence-electron chi connectivity index (χ1n) is 8.66. The predicted octanol–water partition coefficient (Wildman–Crippen LogP) is 2.93. The number of hydrogen-bond donors (Lipinski definition) is 2. The number of benzene rings is 1. The first-order chi connectivity index (χ1) is 11.8. The van der Waals surface area contributed by atoms with Crippen molar-refractivity contribution in [3.8, 4) is 5.69 Å². The molecule has 1 saturated carbocycles. The topological polar surface area (TPSA) is 72.9 Å². The minimum Gasteiger partial charge on any atom is -0.349 e. The molecule has 0 aliphatic heterocycles. The Morgan fingerprint density at radius 1 is 1.36 bits per heavy atom. The number of hydrogen-bond acceptors (Lipinski definition) is 3. The maximum atomic E-state index is 12.6. The van der Waals surface area contributed by atoms with E-state index in [4.69, 9.17) is 17.3 Å². The number of amides is 1. The zero-order valence-corrected chi connectivity index (χ0v) is 15.7. The van der Waals surface area contributed by atoms with Gasteiger partial charge in [0.15, 0.2) is 0 Å². The van der Waals surface area contributed by atoms with E-state index in [1.54, 1.807) is 0 Å². The summed E-state index contributed by atoms with van der Waals surface area (Å²) in [5, 5.41) is 8.43. The van der Waals surface area contributed by atoms with E-state index in [9.17, 15) is 4.79 Å². The molecule has 0 saturated heterocycles. The molecule has 0 bridgehead atoms. The standard InChI is InChI=1S/C19H25ClN4O/c1-12-17(10-18(25)22-19(3,11-21)14-4-5-14)13(2)24(23-12)16-8-6-15(20)7-9-16/h6-9,14H,4-5,10-11,21H2,1-3H3,(H,22,25). The monoisotopic (exact) mass is 360 g/mol. The molecule has 1 aromatic heterocycles. The number of halogens is 1. The lowest BCUT2D eigenvalue weighted by Crippen LogP contribution is -2.53. The Morgan fingerprint density at radius 3 is 2.56 bits per heavy atom. The number of carbonyl (C=O) groups excluding carboxylic acids is 1. The van der Waals surface area contributed by atoms with Gasteiger partial charge in [0.05, 0.1) is 23.3 Å². The van der Waals surface area contributed by atoms with Crippen molar-refractivity contribution in [2.24, 2.45) is 11.7 Å². The van der Waals surface area contributed by atoms with Gasteiger partial charge < -0.3 is 11.1 Å². The summed E-state index contributed by atoms with van der Waals surface area (Å²) in [5.41, 5.74) is 9.32. The van der Waals surface area contributed by atoms with Gasteiger partial charge in [-0.25, -0.2) is 4.68 Å². The zero-order chi connectivity index (χ0) is 18.2. The molecule has 1 aliphatic rings. The summed E-state index contributed by atoms with van der Waals surface area (Å²) in [6, 6.07) is 7.51. The third-order valence-electron chi connectivity index (χ3n) is 5.18. The van der Waals surface area contributed by atoms with Crippen LogP contribution in [0.3, 0.4) is 0 Å². The minimum atomic E-state index is -0.301. The average molecular weight is 361 g/mol. The van der Waals surface area contributed by atoms with E-state index in [0.717, 1.165) is 35.5 Å². The van der Waals surface area contributed by atoms with Crippen LogP contribution in [0.25, 0.3) is 5.69 Å². The van der Waals surface area contributed by atoms with Crippen molar-refractivity contribution in [1.82, 2.24) is 15.1 Å². The van der Waals surface area contributed by atoms with Gasteiger partial charge in [-0.3, -0.25) is 4.79 Å². The SMILES string of the molecule is Cc1nn(-c2ccc(Cl)cc2)c(C)c1CC(=O)NC(C)(CN)C1CC1. The number of aryl methyl sites for hydroxylation is 1. The van der Waals surface area contributed by atoms with Crippen LogP contribution in [-0.2, 0) is 11.2 Å². The highest BCUT2D eigenvalue weighted by molar-refractivity contribution is 6.30. The fourth-order valence-corrected chi connectivity index (χ4v) is 3.45. The second kappa shape index (κ2) is 6.81. The van der Waals surface area contributed by atoms with Crippen LogP contribution in [0.5, 0.6) is 0 Å². The molecule has 1 fully saturated rings. The van der Waals surface area contributed by atoms with Gasteiger partial charge >= 0.3 is 0 Å². The predicted molar refractivity (Wildman–Crippen MR) is 100 cm³/mol. The van der Waals surface area contributed by atoms with Crippen LogP contribution >= 0.6 is 11.6 Å². The summed E-state index contributed by atoms with van der Waals surface area (Å²) in [6.07, 6.45) is 2.59. The van der Waals surface area contributed by atoms with Crippen LogP contribution in [0.4, 0.5) is 0 Å².